The average molecular weight is 287 g/mol. The first-order chi connectivity index (χ1) is 10.2. The zero-order chi connectivity index (χ0) is 15.1. The lowest BCUT2D eigenvalue weighted by Gasteiger charge is -2.08. The number of nitrogens with zero attached hydrogens (tertiary/aromatic N) is 1. The quantitative estimate of drug-likeness (QED) is 0.504. The number of furan rings is 1. The maximum Gasteiger partial charge on any atom is 0.329 e. The van der Waals surface area contributed by atoms with Crippen molar-refractivity contribution >= 4 is 23.7 Å². The van der Waals surface area contributed by atoms with E-state index in [1.165, 1.54) is 19.6 Å². The Balaban J connectivity index is 1.92. The minimum atomic E-state index is -0.899. The number of anilines is 1. The van der Waals surface area contributed by atoms with Gasteiger partial charge in [0.2, 0.25) is 0 Å². The van der Waals surface area contributed by atoms with Gasteiger partial charge in [-0.05, 0) is 24.3 Å². The smallest absolute Gasteiger partial charge is 0.329 e. The molecule has 7 heteroatoms. The third kappa shape index (κ3) is 3.93. The lowest BCUT2D eigenvalue weighted by atomic mass is 10.3. The van der Waals surface area contributed by atoms with Crippen LogP contribution in [0.5, 0.6) is 5.75 Å². The van der Waals surface area contributed by atoms with E-state index < -0.39 is 11.8 Å². The van der Waals surface area contributed by atoms with Crippen LogP contribution in [0, 0.1) is 0 Å². The van der Waals surface area contributed by atoms with E-state index in [0.29, 0.717) is 17.2 Å². The Morgan fingerprint density at radius 3 is 2.71 bits per heavy atom. The van der Waals surface area contributed by atoms with Crippen molar-refractivity contribution < 1.29 is 18.7 Å². The number of hydrogen-bond acceptors (Lipinski definition) is 5. The lowest BCUT2D eigenvalue weighted by Crippen LogP contribution is -2.32. The van der Waals surface area contributed by atoms with Crippen LogP contribution in [0.3, 0.4) is 0 Å². The Morgan fingerprint density at radius 2 is 2.00 bits per heavy atom. The molecule has 2 amide bonds. The van der Waals surface area contributed by atoms with Gasteiger partial charge in [0.05, 0.1) is 25.3 Å². The zero-order valence-corrected chi connectivity index (χ0v) is 11.2. The molecule has 21 heavy (non-hydrogen) atoms. The van der Waals surface area contributed by atoms with E-state index in [1.54, 1.807) is 36.4 Å². The first kappa shape index (κ1) is 14.3. The van der Waals surface area contributed by atoms with Crippen LogP contribution in [0.1, 0.15) is 5.76 Å². The number of hydrazone groups is 1. The first-order valence-electron chi connectivity index (χ1n) is 6.01. The van der Waals surface area contributed by atoms with Crippen molar-refractivity contribution in [2.75, 3.05) is 12.4 Å². The largest absolute Gasteiger partial charge is 0.495 e. The van der Waals surface area contributed by atoms with Crippen LogP contribution in [-0.4, -0.2) is 25.1 Å². The number of amides is 2. The highest BCUT2D eigenvalue weighted by atomic mass is 16.5. The van der Waals surface area contributed by atoms with Gasteiger partial charge < -0.3 is 14.5 Å². The molecule has 0 radical (unpaired) electrons. The van der Waals surface area contributed by atoms with Crippen LogP contribution in [0.4, 0.5) is 5.69 Å². The molecule has 108 valence electrons. The Kier molecular flexibility index (Phi) is 4.70. The van der Waals surface area contributed by atoms with Crippen LogP contribution >= 0.6 is 0 Å². The summed E-state index contributed by atoms with van der Waals surface area (Å²) in [6.07, 6.45) is 2.76. The molecular weight excluding hydrogens is 274 g/mol. The molecule has 0 atom stereocenters. The minimum Gasteiger partial charge on any atom is -0.495 e. The molecule has 1 aromatic heterocycles. The normalized spacial score (nSPS) is 10.3. The van der Waals surface area contributed by atoms with Crippen molar-refractivity contribution in [3.63, 3.8) is 0 Å². The summed E-state index contributed by atoms with van der Waals surface area (Å²) in [7, 11) is 1.47. The number of rotatable bonds is 4. The van der Waals surface area contributed by atoms with E-state index in [4.69, 9.17) is 9.15 Å². The summed E-state index contributed by atoms with van der Waals surface area (Å²) in [6.45, 7) is 0. The molecule has 2 aromatic rings. The average Bonchev–Trinajstić information content (AvgIpc) is 3.01. The van der Waals surface area contributed by atoms with Gasteiger partial charge in [-0.3, -0.25) is 9.59 Å². The number of nitrogens with one attached hydrogen (secondary N) is 2. The zero-order valence-electron chi connectivity index (χ0n) is 11.2. The molecule has 0 aliphatic carbocycles. The molecule has 2 N–H and O–H groups in total. The van der Waals surface area contributed by atoms with Crippen LogP contribution in [0.25, 0.3) is 0 Å². The van der Waals surface area contributed by atoms with Crippen molar-refractivity contribution in [2.24, 2.45) is 5.10 Å². The number of methoxy groups -OCH3 is 1. The third-order valence-corrected chi connectivity index (χ3v) is 2.46. The van der Waals surface area contributed by atoms with Gasteiger partial charge in [-0.15, -0.1) is 0 Å². The molecule has 0 spiro atoms. The number of benzene rings is 1. The van der Waals surface area contributed by atoms with Crippen LogP contribution in [0.15, 0.2) is 52.2 Å². The second-order valence-corrected chi connectivity index (χ2v) is 3.87. The summed E-state index contributed by atoms with van der Waals surface area (Å²) in [5.74, 6) is -0.835. The van der Waals surface area contributed by atoms with Gasteiger partial charge in [0.25, 0.3) is 0 Å². The summed E-state index contributed by atoms with van der Waals surface area (Å²) in [5, 5.41) is 6.04. The highest BCUT2D eigenvalue weighted by Gasteiger charge is 2.14. The molecule has 0 bridgehead atoms. The summed E-state index contributed by atoms with van der Waals surface area (Å²) in [6, 6.07) is 10.1. The molecular formula is C14H13N3O4. The fourth-order valence-corrected chi connectivity index (χ4v) is 1.50. The molecule has 0 unspecified atom stereocenters. The Morgan fingerprint density at radius 1 is 1.19 bits per heavy atom. The summed E-state index contributed by atoms with van der Waals surface area (Å²) in [4.78, 5) is 23.3. The van der Waals surface area contributed by atoms with Crippen LogP contribution in [-0.2, 0) is 9.59 Å². The van der Waals surface area contributed by atoms with Crippen molar-refractivity contribution in [3.05, 3.63) is 48.4 Å². The second-order valence-electron chi connectivity index (χ2n) is 3.87. The fraction of sp³-hybridized carbons (Fsp3) is 0.0714. The molecule has 7 nitrogen and oxygen atoms in total. The van der Waals surface area contributed by atoms with Gasteiger partial charge in [-0.2, -0.15) is 5.10 Å². The fourth-order valence-electron chi connectivity index (χ4n) is 1.50. The maximum absolute atomic E-state index is 11.7. The highest BCUT2D eigenvalue weighted by molar-refractivity contribution is 6.39. The Hall–Kier alpha value is -3.09. The number of para-hydroxylation sites is 2. The molecule has 0 fully saturated rings. The van der Waals surface area contributed by atoms with Gasteiger partial charge in [-0.1, -0.05) is 12.1 Å². The maximum atomic E-state index is 11.7. The van der Waals surface area contributed by atoms with E-state index in [0.717, 1.165) is 0 Å². The van der Waals surface area contributed by atoms with Gasteiger partial charge in [0.1, 0.15) is 11.5 Å². The monoisotopic (exact) mass is 287 g/mol. The number of hydrogen-bond donors (Lipinski definition) is 2. The van der Waals surface area contributed by atoms with E-state index in [2.05, 4.69) is 15.8 Å². The van der Waals surface area contributed by atoms with Crippen LogP contribution < -0.4 is 15.5 Å². The summed E-state index contributed by atoms with van der Waals surface area (Å²) >= 11 is 0. The van der Waals surface area contributed by atoms with Gasteiger partial charge in [-0.25, -0.2) is 5.43 Å². The van der Waals surface area contributed by atoms with Gasteiger partial charge >= 0.3 is 11.8 Å². The molecule has 0 aliphatic rings. The predicted octanol–water partition coefficient (Wildman–Crippen LogP) is 1.38. The first-order valence-corrected chi connectivity index (χ1v) is 6.01. The molecule has 0 aliphatic heterocycles. The summed E-state index contributed by atoms with van der Waals surface area (Å²) < 4.78 is 10.1. The van der Waals surface area contributed by atoms with E-state index in [1.807, 2.05) is 0 Å². The predicted molar refractivity (Wildman–Crippen MR) is 76.1 cm³/mol. The SMILES string of the molecule is COc1ccccc1NC(=O)C(=O)N/N=C/c1ccco1. The highest BCUT2D eigenvalue weighted by Crippen LogP contribution is 2.22. The van der Waals surface area contributed by atoms with E-state index in [-0.39, 0.29) is 0 Å². The number of ether oxygens (including phenoxy) is 1. The molecule has 2 rings (SSSR count). The van der Waals surface area contributed by atoms with Crippen molar-refractivity contribution in [1.29, 1.82) is 0 Å². The lowest BCUT2D eigenvalue weighted by molar-refractivity contribution is -0.136. The summed E-state index contributed by atoms with van der Waals surface area (Å²) in [5.41, 5.74) is 2.49. The molecule has 0 saturated carbocycles. The standard InChI is InChI=1S/C14H13N3O4/c1-20-12-7-3-2-6-11(12)16-13(18)14(19)17-15-9-10-5-4-8-21-10/h2-9H,1H3,(H,16,18)(H,17,19)/b15-9+. The third-order valence-electron chi connectivity index (χ3n) is 2.46. The number of carbonyl (C=O) groups excluding carboxylic acids is 2. The van der Waals surface area contributed by atoms with Gasteiger partial charge in [0, 0.05) is 0 Å². The minimum absolute atomic E-state index is 0.398. The van der Waals surface area contributed by atoms with E-state index in [9.17, 15) is 9.59 Å². The van der Waals surface area contributed by atoms with Crippen molar-refractivity contribution in [1.82, 2.24) is 5.43 Å². The van der Waals surface area contributed by atoms with Crippen molar-refractivity contribution in [3.8, 4) is 5.75 Å². The molecule has 1 heterocycles. The van der Waals surface area contributed by atoms with Crippen LogP contribution in [0.2, 0.25) is 0 Å². The Labute approximate surface area is 120 Å². The molecule has 0 saturated heterocycles. The Bertz CT molecular complexity index is 650. The van der Waals surface area contributed by atoms with Gasteiger partial charge in [0.15, 0.2) is 0 Å². The topological polar surface area (TPSA) is 92.9 Å². The van der Waals surface area contributed by atoms with Crippen molar-refractivity contribution in [2.45, 2.75) is 0 Å². The second kappa shape index (κ2) is 6.90. The van der Waals surface area contributed by atoms with E-state index >= 15 is 0 Å². The number of carbonyl (C=O) groups is 2. The molecule has 1 aromatic carbocycles.